The maximum absolute atomic E-state index is 14.1. The second kappa shape index (κ2) is 10.8. The molecule has 6 rings (SSSR count). The number of hydrogen-bond donors (Lipinski definition) is 3. The van der Waals surface area contributed by atoms with Gasteiger partial charge in [-0.15, -0.1) is 0 Å². The molecule has 11 nitrogen and oxygen atoms in total. The van der Waals surface area contributed by atoms with Crippen molar-refractivity contribution < 1.29 is 17.9 Å². The fraction of sp³-hybridized carbons (Fsp3) is 0.333. The summed E-state index contributed by atoms with van der Waals surface area (Å²) in [5.74, 6) is 1.10. The summed E-state index contributed by atoms with van der Waals surface area (Å²) in [5.41, 5.74) is 3.85. The Morgan fingerprint density at radius 1 is 1.07 bits per heavy atom. The molecule has 12 heteroatoms. The summed E-state index contributed by atoms with van der Waals surface area (Å²) in [4.78, 5) is 24.7. The van der Waals surface area contributed by atoms with E-state index in [4.69, 9.17) is 14.7 Å². The minimum absolute atomic E-state index is 0.0708. The molecule has 1 saturated carbocycles. The first-order valence-electron chi connectivity index (χ1n) is 13.9. The van der Waals surface area contributed by atoms with Crippen LogP contribution < -0.4 is 15.5 Å². The predicted molar refractivity (Wildman–Crippen MR) is 160 cm³/mol. The van der Waals surface area contributed by atoms with E-state index in [9.17, 15) is 13.2 Å². The molecule has 42 heavy (non-hydrogen) atoms. The van der Waals surface area contributed by atoms with Crippen molar-refractivity contribution in [2.24, 2.45) is 0 Å². The summed E-state index contributed by atoms with van der Waals surface area (Å²) in [6.45, 7) is 7.46. The van der Waals surface area contributed by atoms with Gasteiger partial charge in [0.1, 0.15) is 10.6 Å². The SMILES string of the molecule is Cc1ccccc1S(=O)(=O)C1(c2cc(N3CCOC[C@@H]3C)nc(-c3ccc(NC(=O)Nc4cn[nH]c4C)cc3)n2)CC1. The van der Waals surface area contributed by atoms with Crippen molar-refractivity contribution in [1.29, 1.82) is 0 Å². The largest absolute Gasteiger partial charge is 0.377 e. The van der Waals surface area contributed by atoms with Crippen LogP contribution in [0.25, 0.3) is 11.4 Å². The number of nitrogens with zero attached hydrogens (tertiary/aromatic N) is 4. The van der Waals surface area contributed by atoms with Gasteiger partial charge in [-0.3, -0.25) is 5.10 Å². The van der Waals surface area contributed by atoms with Crippen molar-refractivity contribution in [3.05, 3.63) is 77.7 Å². The number of rotatable bonds is 7. The first-order valence-corrected chi connectivity index (χ1v) is 15.4. The second-order valence-electron chi connectivity index (χ2n) is 10.9. The van der Waals surface area contributed by atoms with Crippen molar-refractivity contribution in [1.82, 2.24) is 20.2 Å². The van der Waals surface area contributed by atoms with E-state index < -0.39 is 20.6 Å². The molecule has 0 spiro atoms. The average molecular weight is 588 g/mol. The number of anilines is 3. The Balaban J connectivity index is 1.35. The molecule has 1 aliphatic heterocycles. The van der Waals surface area contributed by atoms with Gasteiger partial charge in [-0.1, -0.05) is 18.2 Å². The third-order valence-electron chi connectivity index (χ3n) is 7.92. The minimum Gasteiger partial charge on any atom is -0.377 e. The van der Waals surface area contributed by atoms with Gasteiger partial charge in [0.05, 0.1) is 47.4 Å². The molecule has 0 unspecified atom stereocenters. The lowest BCUT2D eigenvalue weighted by Gasteiger charge is -2.34. The van der Waals surface area contributed by atoms with Crippen LogP contribution in [0.15, 0.2) is 65.7 Å². The molecule has 2 aromatic heterocycles. The zero-order valence-corrected chi connectivity index (χ0v) is 24.5. The molecule has 0 bridgehead atoms. The van der Waals surface area contributed by atoms with E-state index in [1.54, 1.807) is 30.5 Å². The molecule has 2 amide bonds. The summed E-state index contributed by atoms with van der Waals surface area (Å²) < 4.78 is 32.7. The summed E-state index contributed by atoms with van der Waals surface area (Å²) in [6.07, 6.45) is 2.53. The van der Waals surface area contributed by atoms with Crippen LogP contribution in [-0.2, 0) is 19.3 Å². The van der Waals surface area contributed by atoms with Crippen molar-refractivity contribution >= 4 is 33.1 Å². The molecule has 1 atom stereocenters. The van der Waals surface area contributed by atoms with Crippen LogP contribution in [0.2, 0.25) is 0 Å². The number of aromatic amines is 1. The molecular weight excluding hydrogens is 554 g/mol. The number of nitrogens with one attached hydrogen (secondary N) is 3. The van der Waals surface area contributed by atoms with Crippen LogP contribution in [0, 0.1) is 13.8 Å². The molecule has 3 heterocycles. The van der Waals surface area contributed by atoms with E-state index in [1.165, 1.54) is 0 Å². The van der Waals surface area contributed by atoms with Gasteiger partial charge >= 0.3 is 6.03 Å². The smallest absolute Gasteiger partial charge is 0.323 e. The predicted octanol–water partition coefficient (Wildman–Crippen LogP) is 4.82. The number of carbonyl (C=O) groups excluding carboxylic acids is 1. The van der Waals surface area contributed by atoms with Gasteiger partial charge in [-0.2, -0.15) is 5.10 Å². The summed E-state index contributed by atoms with van der Waals surface area (Å²) in [7, 11) is -3.71. The Hall–Kier alpha value is -4.29. The van der Waals surface area contributed by atoms with Crippen molar-refractivity contribution in [3.63, 3.8) is 0 Å². The fourth-order valence-electron chi connectivity index (χ4n) is 5.32. The lowest BCUT2D eigenvalue weighted by atomic mass is 10.1. The van der Waals surface area contributed by atoms with Crippen LogP contribution >= 0.6 is 0 Å². The highest BCUT2D eigenvalue weighted by molar-refractivity contribution is 7.92. The normalized spacial score (nSPS) is 18.0. The van der Waals surface area contributed by atoms with Crippen molar-refractivity contribution in [3.8, 4) is 11.4 Å². The summed E-state index contributed by atoms with van der Waals surface area (Å²) in [6, 6.07) is 15.8. The Morgan fingerprint density at radius 3 is 2.50 bits per heavy atom. The zero-order valence-electron chi connectivity index (χ0n) is 23.7. The van der Waals surface area contributed by atoms with Gasteiger partial charge in [0.2, 0.25) is 0 Å². The van der Waals surface area contributed by atoms with Crippen molar-refractivity contribution in [2.45, 2.75) is 49.3 Å². The molecule has 2 fully saturated rings. The van der Waals surface area contributed by atoms with Crippen LogP contribution in [-0.4, -0.2) is 60.4 Å². The first-order chi connectivity index (χ1) is 20.2. The maximum Gasteiger partial charge on any atom is 0.323 e. The number of morpholine rings is 1. The van der Waals surface area contributed by atoms with Gasteiger partial charge in [-0.05, 0) is 69.5 Å². The number of ether oxygens (including phenoxy) is 1. The highest BCUT2D eigenvalue weighted by atomic mass is 32.2. The second-order valence-corrected chi connectivity index (χ2v) is 13.1. The minimum atomic E-state index is -3.71. The van der Waals surface area contributed by atoms with Crippen LogP contribution in [0.5, 0.6) is 0 Å². The summed E-state index contributed by atoms with van der Waals surface area (Å²) in [5, 5.41) is 12.3. The maximum atomic E-state index is 14.1. The van der Waals surface area contributed by atoms with Crippen molar-refractivity contribution in [2.75, 3.05) is 35.3 Å². The number of benzene rings is 2. The zero-order chi connectivity index (χ0) is 29.5. The van der Waals surface area contributed by atoms with Gasteiger partial charge < -0.3 is 20.3 Å². The standard InChI is InChI=1S/C30H33N7O4S/c1-19-6-4-5-7-25(19)42(39,40)30(12-13-30)26-16-27(37-14-15-41-18-20(37)2)35-28(34-26)22-8-10-23(11-9-22)32-29(38)33-24-17-31-36-21(24)3/h4-11,16-17,20H,12-15,18H2,1-3H3,(H,31,36)(H2,32,33,38)/t20-/m0/s1. The van der Waals surface area contributed by atoms with E-state index in [1.807, 2.05) is 44.2 Å². The van der Waals surface area contributed by atoms with E-state index in [0.29, 0.717) is 71.8 Å². The molecule has 218 valence electrons. The number of H-pyrrole nitrogens is 1. The number of carbonyl (C=O) groups is 1. The van der Waals surface area contributed by atoms with Crippen LogP contribution in [0.1, 0.15) is 36.7 Å². The molecule has 1 saturated heterocycles. The van der Waals surface area contributed by atoms with E-state index >= 15 is 0 Å². The fourth-order valence-corrected chi connectivity index (χ4v) is 7.51. The Kier molecular flexibility index (Phi) is 7.19. The van der Waals surface area contributed by atoms with Gasteiger partial charge in [0, 0.05) is 23.9 Å². The molecule has 1 aliphatic carbocycles. The lowest BCUT2D eigenvalue weighted by molar-refractivity contribution is 0.0985. The monoisotopic (exact) mass is 587 g/mol. The van der Waals surface area contributed by atoms with Gasteiger partial charge in [-0.25, -0.2) is 23.2 Å². The van der Waals surface area contributed by atoms with Gasteiger partial charge in [0.15, 0.2) is 15.7 Å². The Labute approximate surface area is 244 Å². The van der Waals surface area contributed by atoms with Crippen LogP contribution in [0.4, 0.5) is 22.0 Å². The third kappa shape index (κ3) is 5.12. The number of urea groups is 1. The molecule has 0 radical (unpaired) electrons. The van der Waals surface area contributed by atoms with E-state index in [-0.39, 0.29) is 6.04 Å². The lowest BCUT2D eigenvalue weighted by Crippen LogP contribution is -2.44. The molecular formula is C30H33N7O4S. The Bertz CT molecular complexity index is 1730. The Morgan fingerprint density at radius 2 is 1.83 bits per heavy atom. The molecule has 4 aromatic rings. The molecule has 2 aliphatic rings. The number of hydrogen-bond acceptors (Lipinski definition) is 8. The van der Waals surface area contributed by atoms with Gasteiger partial charge in [0.25, 0.3) is 0 Å². The summed E-state index contributed by atoms with van der Waals surface area (Å²) >= 11 is 0. The number of amides is 2. The third-order valence-corrected chi connectivity index (χ3v) is 10.6. The van der Waals surface area contributed by atoms with Crippen LogP contribution in [0.3, 0.4) is 0 Å². The quantitative estimate of drug-likeness (QED) is 0.280. The van der Waals surface area contributed by atoms with E-state index in [2.05, 4.69) is 32.7 Å². The molecule has 2 aromatic carbocycles. The highest BCUT2D eigenvalue weighted by Gasteiger charge is 2.58. The van der Waals surface area contributed by atoms with E-state index in [0.717, 1.165) is 11.3 Å². The topological polar surface area (TPSA) is 142 Å². The number of sulfone groups is 1. The average Bonchev–Trinajstić information content (AvgIpc) is 3.72. The number of aromatic nitrogens is 4. The molecule has 3 N–H and O–H groups in total. The first kappa shape index (κ1) is 27.9. The number of aryl methyl sites for hydroxylation is 2. The highest BCUT2D eigenvalue weighted by Crippen LogP contribution is 2.55.